The SMILES string of the molecule is CCCS(=O)(=O)NC(C)c1cnn(-c2ccc(F)cc2)c1. The number of aromatic nitrogens is 2. The van der Waals surface area contributed by atoms with Gasteiger partial charge in [-0.2, -0.15) is 5.10 Å². The predicted octanol–water partition coefficient (Wildman–Crippen LogP) is 2.40. The molecule has 5 nitrogen and oxygen atoms in total. The Kier molecular flexibility index (Phi) is 4.74. The van der Waals surface area contributed by atoms with Gasteiger partial charge in [0.15, 0.2) is 0 Å². The molecule has 0 fully saturated rings. The fourth-order valence-electron chi connectivity index (χ4n) is 1.96. The van der Waals surface area contributed by atoms with Gasteiger partial charge in [0.2, 0.25) is 10.0 Å². The summed E-state index contributed by atoms with van der Waals surface area (Å²) >= 11 is 0. The van der Waals surface area contributed by atoms with Crippen molar-refractivity contribution < 1.29 is 12.8 Å². The monoisotopic (exact) mass is 311 g/mol. The Hall–Kier alpha value is -1.73. The lowest BCUT2D eigenvalue weighted by atomic mass is 10.2. The normalized spacial score (nSPS) is 13.3. The van der Waals surface area contributed by atoms with Crippen molar-refractivity contribution in [3.63, 3.8) is 0 Å². The van der Waals surface area contributed by atoms with Crippen LogP contribution in [0.25, 0.3) is 5.69 Å². The number of nitrogens with one attached hydrogen (secondary N) is 1. The number of halogens is 1. The summed E-state index contributed by atoms with van der Waals surface area (Å²) in [5, 5.41) is 4.17. The molecule has 1 unspecified atom stereocenters. The predicted molar refractivity (Wildman–Crippen MR) is 79.2 cm³/mol. The Morgan fingerprint density at radius 1 is 1.33 bits per heavy atom. The van der Waals surface area contributed by atoms with E-state index >= 15 is 0 Å². The van der Waals surface area contributed by atoms with E-state index in [0.29, 0.717) is 12.1 Å². The Morgan fingerprint density at radius 2 is 2.00 bits per heavy atom. The third kappa shape index (κ3) is 4.12. The standard InChI is InChI=1S/C14H18FN3O2S/c1-3-8-21(19,20)17-11(2)12-9-16-18(10-12)14-6-4-13(15)5-7-14/h4-7,9-11,17H,3,8H2,1-2H3. The van der Waals surface area contributed by atoms with Crippen molar-refractivity contribution in [1.82, 2.24) is 14.5 Å². The average Bonchev–Trinajstić information content (AvgIpc) is 2.88. The Labute approximate surface area is 123 Å². The Morgan fingerprint density at radius 3 is 2.62 bits per heavy atom. The first-order valence-electron chi connectivity index (χ1n) is 6.72. The average molecular weight is 311 g/mol. The summed E-state index contributed by atoms with van der Waals surface area (Å²) in [4.78, 5) is 0. The van der Waals surface area contributed by atoms with E-state index in [1.54, 1.807) is 36.1 Å². The van der Waals surface area contributed by atoms with Crippen LogP contribution in [-0.2, 0) is 10.0 Å². The second kappa shape index (κ2) is 6.36. The van der Waals surface area contributed by atoms with Gasteiger partial charge in [-0.15, -0.1) is 0 Å². The van der Waals surface area contributed by atoms with Gasteiger partial charge in [0.1, 0.15) is 5.82 Å². The minimum atomic E-state index is -3.28. The van der Waals surface area contributed by atoms with Crippen molar-refractivity contribution in [3.05, 3.63) is 48.0 Å². The van der Waals surface area contributed by atoms with Crippen molar-refractivity contribution in [2.45, 2.75) is 26.3 Å². The van der Waals surface area contributed by atoms with Gasteiger partial charge < -0.3 is 0 Å². The van der Waals surface area contributed by atoms with Crippen LogP contribution in [0.3, 0.4) is 0 Å². The van der Waals surface area contributed by atoms with Crippen LogP contribution in [-0.4, -0.2) is 24.0 Å². The molecule has 0 bridgehead atoms. The number of hydrogen-bond donors (Lipinski definition) is 1. The molecule has 1 aromatic carbocycles. The van der Waals surface area contributed by atoms with Crippen LogP contribution in [0.5, 0.6) is 0 Å². The number of rotatable bonds is 6. The second-order valence-electron chi connectivity index (χ2n) is 4.85. The van der Waals surface area contributed by atoms with Crippen LogP contribution in [0.1, 0.15) is 31.9 Å². The molecule has 1 atom stereocenters. The van der Waals surface area contributed by atoms with E-state index < -0.39 is 10.0 Å². The maximum atomic E-state index is 12.9. The quantitative estimate of drug-likeness (QED) is 0.891. The highest BCUT2D eigenvalue weighted by Crippen LogP contribution is 2.15. The van der Waals surface area contributed by atoms with Crippen LogP contribution < -0.4 is 4.72 Å². The van der Waals surface area contributed by atoms with E-state index in [0.717, 1.165) is 5.56 Å². The van der Waals surface area contributed by atoms with Crippen LogP contribution >= 0.6 is 0 Å². The molecule has 0 aliphatic carbocycles. The zero-order valence-corrected chi connectivity index (χ0v) is 12.8. The first-order chi connectivity index (χ1) is 9.91. The summed E-state index contributed by atoms with van der Waals surface area (Å²) < 4.78 is 40.6. The first-order valence-corrected chi connectivity index (χ1v) is 8.37. The highest BCUT2D eigenvalue weighted by molar-refractivity contribution is 7.89. The molecule has 21 heavy (non-hydrogen) atoms. The molecule has 1 heterocycles. The fourth-order valence-corrected chi connectivity index (χ4v) is 3.29. The molecule has 0 radical (unpaired) electrons. The van der Waals surface area contributed by atoms with Gasteiger partial charge >= 0.3 is 0 Å². The zero-order valence-electron chi connectivity index (χ0n) is 12.0. The molecule has 2 rings (SSSR count). The second-order valence-corrected chi connectivity index (χ2v) is 6.73. The highest BCUT2D eigenvalue weighted by Gasteiger charge is 2.16. The molecule has 0 saturated carbocycles. The van der Waals surface area contributed by atoms with Crippen molar-refractivity contribution in [3.8, 4) is 5.69 Å². The topological polar surface area (TPSA) is 64.0 Å². The fraction of sp³-hybridized carbons (Fsp3) is 0.357. The maximum Gasteiger partial charge on any atom is 0.212 e. The van der Waals surface area contributed by atoms with E-state index in [9.17, 15) is 12.8 Å². The molecule has 114 valence electrons. The van der Waals surface area contributed by atoms with Gasteiger partial charge in [-0.05, 0) is 37.6 Å². The third-order valence-electron chi connectivity index (χ3n) is 3.02. The van der Waals surface area contributed by atoms with E-state index in [2.05, 4.69) is 9.82 Å². The van der Waals surface area contributed by atoms with E-state index in [-0.39, 0.29) is 17.6 Å². The van der Waals surface area contributed by atoms with E-state index in [1.807, 2.05) is 6.92 Å². The summed E-state index contributed by atoms with van der Waals surface area (Å²) in [5.41, 5.74) is 1.46. The van der Waals surface area contributed by atoms with Crippen LogP contribution in [0.4, 0.5) is 4.39 Å². The van der Waals surface area contributed by atoms with Gasteiger partial charge in [0.05, 0.1) is 17.6 Å². The van der Waals surface area contributed by atoms with Crippen LogP contribution in [0, 0.1) is 5.82 Å². The zero-order chi connectivity index (χ0) is 15.5. The van der Waals surface area contributed by atoms with Gasteiger partial charge in [-0.1, -0.05) is 6.92 Å². The number of nitrogens with zero attached hydrogens (tertiary/aromatic N) is 2. The summed E-state index contributed by atoms with van der Waals surface area (Å²) in [7, 11) is -3.28. The number of hydrogen-bond acceptors (Lipinski definition) is 3. The third-order valence-corrected chi connectivity index (χ3v) is 4.68. The number of sulfonamides is 1. The van der Waals surface area contributed by atoms with Crippen molar-refractivity contribution in [1.29, 1.82) is 0 Å². The molecule has 0 saturated heterocycles. The highest BCUT2D eigenvalue weighted by atomic mass is 32.2. The molecule has 1 aromatic heterocycles. The molecular weight excluding hydrogens is 293 g/mol. The molecular formula is C14H18FN3O2S. The molecule has 2 aromatic rings. The molecule has 1 N–H and O–H groups in total. The van der Waals surface area contributed by atoms with Gasteiger partial charge in [0.25, 0.3) is 0 Å². The molecule has 0 spiro atoms. The molecule has 0 aliphatic heterocycles. The van der Waals surface area contributed by atoms with Gasteiger partial charge in [0, 0.05) is 17.8 Å². The lowest BCUT2D eigenvalue weighted by Crippen LogP contribution is -2.28. The molecule has 7 heteroatoms. The lowest BCUT2D eigenvalue weighted by Gasteiger charge is -2.11. The molecule has 0 aliphatic rings. The summed E-state index contributed by atoms with van der Waals surface area (Å²) in [6, 6.07) is 5.56. The lowest BCUT2D eigenvalue weighted by molar-refractivity contribution is 0.565. The van der Waals surface area contributed by atoms with Crippen molar-refractivity contribution in [2.24, 2.45) is 0 Å². The van der Waals surface area contributed by atoms with Crippen LogP contribution in [0.2, 0.25) is 0 Å². The molecule has 0 amide bonds. The minimum Gasteiger partial charge on any atom is -0.241 e. The Balaban J connectivity index is 2.14. The van der Waals surface area contributed by atoms with Crippen molar-refractivity contribution >= 4 is 10.0 Å². The van der Waals surface area contributed by atoms with Crippen LogP contribution in [0.15, 0.2) is 36.7 Å². The van der Waals surface area contributed by atoms with E-state index in [4.69, 9.17) is 0 Å². The minimum absolute atomic E-state index is 0.101. The largest absolute Gasteiger partial charge is 0.241 e. The van der Waals surface area contributed by atoms with Crippen molar-refractivity contribution in [2.75, 3.05) is 5.75 Å². The van der Waals surface area contributed by atoms with Gasteiger partial charge in [-0.3, -0.25) is 0 Å². The first kappa shape index (κ1) is 15.7. The summed E-state index contributed by atoms with van der Waals surface area (Å²) in [6.45, 7) is 3.58. The van der Waals surface area contributed by atoms with Gasteiger partial charge in [-0.25, -0.2) is 22.2 Å². The summed E-state index contributed by atoms with van der Waals surface area (Å²) in [5.74, 6) is -0.212. The Bertz CT molecular complexity index is 695. The maximum absolute atomic E-state index is 12.9. The smallest absolute Gasteiger partial charge is 0.212 e. The van der Waals surface area contributed by atoms with E-state index in [1.165, 1.54) is 12.1 Å². The summed E-state index contributed by atoms with van der Waals surface area (Å²) in [6.07, 6.45) is 3.89. The number of benzene rings is 1.